The fourth-order valence-electron chi connectivity index (χ4n) is 3.27. The van der Waals surface area contributed by atoms with Crippen LogP contribution in [0.2, 0.25) is 0 Å². The van der Waals surface area contributed by atoms with Crippen molar-refractivity contribution in [2.75, 3.05) is 14.1 Å². The first-order chi connectivity index (χ1) is 17.7. The first-order valence-corrected chi connectivity index (χ1v) is 14.4. The number of H-pyrrole nitrogens is 1. The van der Waals surface area contributed by atoms with Gasteiger partial charge in [0.1, 0.15) is 17.1 Å². The number of nitrogens with zero attached hydrogens (tertiary/aromatic N) is 2. The van der Waals surface area contributed by atoms with Crippen LogP contribution >= 0.6 is 21.6 Å². The Morgan fingerprint density at radius 3 is 2.05 bits per heavy atom. The number of aliphatic carboxylic acids is 2. The van der Waals surface area contributed by atoms with E-state index < -0.39 is 30.1 Å². The van der Waals surface area contributed by atoms with Crippen LogP contribution in [0.4, 0.5) is 0 Å². The van der Waals surface area contributed by atoms with Gasteiger partial charge in [-0.3, -0.25) is 14.6 Å². The number of unbranched alkanes of at least 4 members (excludes halogenated alkanes) is 2. The van der Waals surface area contributed by atoms with Gasteiger partial charge < -0.3 is 31.1 Å². The molecule has 0 aromatic carbocycles. The minimum atomic E-state index is -1.14. The van der Waals surface area contributed by atoms with Crippen LogP contribution in [-0.2, 0) is 25.6 Å². The molecule has 6 N–H and O–H groups in total. The smallest absolute Gasteiger partial charge is 0.326 e. The van der Waals surface area contributed by atoms with Gasteiger partial charge in [-0.25, -0.2) is 14.6 Å². The van der Waals surface area contributed by atoms with E-state index in [0.717, 1.165) is 12.8 Å². The zero-order chi connectivity index (χ0) is 27.8. The molecule has 0 bridgehead atoms. The van der Waals surface area contributed by atoms with Gasteiger partial charge in [0.2, 0.25) is 11.8 Å². The lowest BCUT2D eigenvalue weighted by molar-refractivity contribution is -0.142. The first-order valence-electron chi connectivity index (χ1n) is 12.2. The molecule has 0 radical (unpaired) electrons. The second kappa shape index (κ2) is 17.8. The Balaban J connectivity index is 2.85. The van der Waals surface area contributed by atoms with Gasteiger partial charge in [-0.15, -0.1) is 0 Å². The van der Waals surface area contributed by atoms with E-state index in [9.17, 15) is 29.4 Å². The van der Waals surface area contributed by atoms with Crippen molar-refractivity contribution < 1.29 is 29.4 Å². The number of rotatable bonds is 18. The van der Waals surface area contributed by atoms with E-state index in [4.69, 9.17) is 0 Å². The number of hydrogen-bond donors (Lipinski definition) is 6. The van der Waals surface area contributed by atoms with Crippen LogP contribution in [0.3, 0.4) is 0 Å². The highest BCUT2D eigenvalue weighted by molar-refractivity contribution is 8.82. The summed E-state index contributed by atoms with van der Waals surface area (Å²) in [6, 6.07) is -2.65. The monoisotopic (exact) mass is 558 g/mol. The molecule has 14 heteroatoms. The molecule has 3 unspecified atom stereocenters. The zero-order valence-electron chi connectivity index (χ0n) is 21.7. The van der Waals surface area contributed by atoms with Crippen molar-refractivity contribution in [1.29, 1.82) is 0 Å². The van der Waals surface area contributed by atoms with Gasteiger partial charge in [-0.2, -0.15) is 0 Å². The number of nitrogens with one attached hydrogen (secondary N) is 4. The lowest BCUT2D eigenvalue weighted by Gasteiger charge is -2.22. The third-order valence-corrected chi connectivity index (χ3v) is 7.88. The number of carbonyl (C=O) groups is 4. The van der Waals surface area contributed by atoms with E-state index in [0.29, 0.717) is 28.6 Å². The van der Waals surface area contributed by atoms with E-state index in [-0.39, 0.29) is 37.5 Å². The van der Waals surface area contributed by atoms with Crippen LogP contribution in [0.1, 0.15) is 64.5 Å². The normalized spacial score (nSPS) is 14.0. The largest absolute Gasteiger partial charge is 0.480 e. The number of imidazole rings is 1. The molecule has 0 aliphatic rings. The zero-order valence-corrected chi connectivity index (χ0v) is 23.3. The van der Waals surface area contributed by atoms with E-state index in [2.05, 4.69) is 30.9 Å². The molecule has 0 aliphatic carbocycles. The van der Waals surface area contributed by atoms with Gasteiger partial charge >= 0.3 is 11.9 Å². The molecule has 1 rings (SSSR count). The number of carboxylic acids is 2. The number of aromatic amines is 1. The molecule has 1 heterocycles. The molecule has 37 heavy (non-hydrogen) atoms. The Hall–Kier alpha value is -2.58. The summed E-state index contributed by atoms with van der Waals surface area (Å²) in [7, 11) is 5.76. The summed E-state index contributed by atoms with van der Waals surface area (Å²) in [6.07, 6.45) is 5.10. The van der Waals surface area contributed by atoms with E-state index in [1.807, 2.05) is 13.8 Å². The first kappa shape index (κ1) is 32.4. The van der Waals surface area contributed by atoms with Gasteiger partial charge in [0, 0.05) is 26.3 Å². The summed E-state index contributed by atoms with van der Waals surface area (Å²) in [4.78, 5) is 59.1. The fourth-order valence-corrected chi connectivity index (χ4v) is 5.67. The van der Waals surface area contributed by atoms with Crippen molar-refractivity contribution in [3.05, 3.63) is 12.0 Å². The van der Waals surface area contributed by atoms with Crippen LogP contribution in [-0.4, -0.2) is 81.2 Å². The number of aliphatic imine (C=N–C) groups is 1. The SMILES string of the molecule is CCCCC(=O)NC(Cc1[nH]cnc1SSC(=NC)C(CC(NC(=O)CCCC)C(=O)O)NC)C(=O)O. The molecule has 12 nitrogen and oxygen atoms in total. The molecule has 0 saturated heterocycles. The van der Waals surface area contributed by atoms with Gasteiger partial charge in [0.25, 0.3) is 0 Å². The van der Waals surface area contributed by atoms with Crippen LogP contribution in [0.15, 0.2) is 16.3 Å². The molecule has 2 amide bonds. The molecule has 0 spiro atoms. The Kier molecular flexibility index (Phi) is 15.6. The quantitative estimate of drug-likeness (QED) is 0.0886. The lowest BCUT2D eigenvalue weighted by Crippen LogP contribution is -2.46. The molecule has 1 aromatic heterocycles. The molecule has 1 aromatic rings. The standard InChI is InChI=1S/C23H38N6O6S2/c1-5-7-9-18(30)28-16(22(32)33)11-14(24-3)20(25-4)36-37-21-15(26-13-27-21)12-17(23(34)35)29-19(31)10-8-6-2/h13-14,16-17,24H,5-12H2,1-4H3,(H,26,27)(H,28,30)(H,29,31)(H,32,33)(H,34,35). The average Bonchev–Trinajstić information content (AvgIpc) is 3.31. The summed E-state index contributed by atoms with van der Waals surface area (Å²) >= 11 is 0. The van der Waals surface area contributed by atoms with Crippen LogP contribution < -0.4 is 16.0 Å². The summed E-state index contributed by atoms with van der Waals surface area (Å²) in [5.74, 6) is -2.90. The minimum Gasteiger partial charge on any atom is -0.480 e. The van der Waals surface area contributed by atoms with Crippen molar-refractivity contribution in [2.24, 2.45) is 4.99 Å². The number of hydrogen-bond acceptors (Lipinski definition) is 9. The maximum absolute atomic E-state index is 12.1. The summed E-state index contributed by atoms with van der Waals surface area (Å²) in [5, 5.41) is 28.5. The molecular weight excluding hydrogens is 520 g/mol. The predicted octanol–water partition coefficient (Wildman–Crippen LogP) is 2.22. The second-order valence-electron chi connectivity index (χ2n) is 8.32. The number of carbonyl (C=O) groups excluding carboxylic acids is 2. The van der Waals surface area contributed by atoms with Gasteiger partial charge in [-0.1, -0.05) is 26.7 Å². The Morgan fingerprint density at radius 2 is 1.57 bits per heavy atom. The third-order valence-electron chi connectivity index (χ3n) is 5.41. The lowest BCUT2D eigenvalue weighted by atomic mass is 10.1. The van der Waals surface area contributed by atoms with Crippen LogP contribution in [0.5, 0.6) is 0 Å². The Labute approximate surface area is 225 Å². The second-order valence-corrected chi connectivity index (χ2v) is 10.5. The summed E-state index contributed by atoms with van der Waals surface area (Å²) in [5.41, 5.74) is 0.545. The predicted molar refractivity (Wildman–Crippen MR) is 145 cm³/mol. The summed E-state index contributed by atoms with van der Waals surface area (Å²) < 4.78 is 0. The number of aromatic nitrogens is 2. The minimum absolute atomic E-state index is 0.0228. The highest BCUT2D eigenvalue weighted by atomic mass is 33.1. The van der Waals surface area contributed by atoms with Crippen LogP contribution in [0, 0.1) is 0 Å². The Bertz CT molecular complexity index is 925. The van der Waals surface area contributed by atoms with Crippen molar-refractivity contribution in [2.45, 2.75) is 88.4 Å². The fraction of sp³-hybridized carbons (Fsp3) is 0.652. The van der Waals surface area contributed by atoms with E-state index in [1.165, 1.54) is 27.9 Å². The molecular formula is C23H38N6O6S2. The van der Waals surface area contributed by atoms with Gasteiger partial charge in [0.05, 0.1) is 23.1 Å². The van der Waals surface area contributed by atoms with Gasteiger partial charge in [0.15, 0.2) is 0 Å². The maximum Gasteiger partial charge on any atom is 0.326 e. The molecule has 0 aliphatic heterocycles. The highest BCUT2D eigenvalue weighted by Gasteiger charge is 2.28. The van der Waals surface area contributed by atoms with E-state index in [1.54, 1.807) is 14.1 Å². The average molecular weight is 559 g/mol. The van der Waals surface area contributed by atoms with Gasteiger partial charge in [-0.05, 0) is 47.9 Å². The third kappa shape index (κ3) is 12.0. The van der Waals surface area contributed by atoms with Crippen molar-refractivity contribution in [3.8, 4) is 0 Å². The number of amides is 2. The van der Waals surface area contributed by atoms with Crippen molar-refractivity contribution in [3.63, 3.8) is 0 Å². The maximum atomic E-state index is 12.1. The highest BCUT2D eigenvalue weighted by Crippen LogP contribution is 2.34. The molecule has 208 valence electrons. The Morgan fingerprint density at radius 1 is 1.00 bits per heavy atom. The van der Waals surface area contributed by atoms with Crippen molar-refractivity contribution in [1.82, 2.24) is 25.9 Å². The van der Waals surface area contributed by atoms with Crippen molar-refractivity contribution >= 4 is 50.4 Å². The molecule has 0 fully saturated rings. The summed E-state index contributed by atoms with van der Waals surface area (Å²) in [6.45, 7) is 3.90. The topological polar surface area (TPSA) is 186 Å². The molecule has 3 atom stereocenters. The van der Waals surface area contributed by atoms with E-state index >= 15 is 0 Å². The molecule has 0 saturated carbocycles. The van der Waals surface area contributed by atoms with Crippen LogP contribution in [0.25, 0.3) is 0 Å². The number of carboxylic acid groups (broad SMARTS) is 2.